The Labute approximate surface area is 144 Å². The van der Waals surface area contributed by atoms with Gasteiger partial charge in [-0.15, -0.1) is 10.2 Å². The third-order valence-electron chi connectivity index (χ3n) is 3.60. The lowest BCUT2D eigenvalue weighted by Gasteiger charge is -2.11. The Bertz CT molecular complexity index is 789. The quantitative estimate of drug-likeness (QED) is 0.707. The van der Waals surface area contributed by atoms with Crippen LogP contribution in [-0.4, -0.2) is 16.2 Å². The predicted molar refractivity (Wildman–Crippen MR) is 97.6 cm³/mol. The molecule has 0 spiro atoms. The fraction of sp³-hybridized carbons (Fsp3) is 0.167. The van der Waals surface area contributed by atoms with Gasteiger partial charge >= 0.3 is 6.03 Å². The van der Waals surface area contributed by atoms with Gasteiger partial charge in [-0.1, -0.05) is 66.8 Å². The summed E-state index contributed by atoms with van der Waals surface area (Å²) in [5.74, 6) is 0.191. The molecule has 122 valence electrons. The van der Waals surface area contributed by atoms with Gasteiger partial charge < -0.3 is 5.32 Å². The highest BCUT2D eigenvalue weighted by Crippen LogP contribution is 2.31. The minimum atomic E-state index is -0.323. The number of rotatable bonds is 5. The van der Waals surface area contributed by atoms with Gasteiger partial charge in [0.1, 0.15) is 5.01 Å². The molecular formula is C18H18N4OS. The second-order valence-corrected chi connectivity index (χ2v) is 6.27. The summed E-state index contributed by atoms with van der Waals surface area (Å²) in [6.45, 7) is 2.12. The summed E-state index contributed by atoms with van der Waals surface area (Å²) in [4.78, 5) is 12.0. The maximum Gasteiger partial charge on any atom is 0.325 e. The van der Waals surface area contributed by atoms with E-state index in [2.05, 4.69) is 39.9 Å². The van der Waals surface area contributed by atoms with Crippen molar-refractivity contribution in [3.63, 3.8) is 0 Å². The van der Waals surface area contributed by atoms with Crippen molar-refractivity contribution in [2.75, 3.05) is 10.6 Å². The van der Waals surface area contributed by atoms with Gasteiger partial charge in [0.15, 0.2) is 0 Å². The number of amides is 2. The monoisotopic (exact) mass is 338 g/mol. The number of benzene rings is 2. The largest absolute Gasteiger partial charge is 0.325 e. The average Bonchev–Trinajstić information content (AvgIpc) is 3.05. The highest BCUT2D eigenvalue weighted by Gasteiger charge is 2.17. The van der Waals surface area contributed by atoms with E-state index < -0.39 is 0 Å². The number of hydrogen-bond acceptors (Lipinski definition) is 4. The number of anilines is 2. The van der Waals surface area contributed by atoms with Crippen LogP contribution in [0.5, 0.6) is 0 Å². The summed E-state index contributed by atoms with van der Waals surface area (Å²) in [6.07, 6.45) is 0.925. The Morgan fingerprint density at radius 3 is 2.33 bits per heavy atom. The SMILES string of the molecule is CC[C@H](c1ccccc1)c1nnc(NC(=O)Nc2ccccc2)s1. The molecule has 1 aromatic heterocycles. The second kappa shape index (κ2) is 7.70. The lowest BCUT2D eigenvalue weighted by atomic mass is 9.97. The molecule has 0 radical (unpaired) electrons. The molecule has 2 N–H and O–H groups in total. The Morgan fingerprint density at radius 2 is 1.67 bits per heavy atom. The molecule has 0 aliphatic rings. The summed E-state index contributed by atoms with van der Waals surface area (Å²) >= 11 is 1.41. The van der Waals surface area contributed by atoms with Gasteiger partial charge in [0.2, 0.25) is 5.13 Å². The van der Waals surface area contributed by atoms with Crippen molar-refractivity contribution < 1.29 is 4.79 Å². The van der Waals surface area contributed by atoms with Crippen LogP contribution < -0.4 is 10.6 Å². The van der Waals surface area contributed by atoms with Gasteiger partial charge in [-0.25, -0.2) is 4.79 Å². The molecule has 24 heavy (non-hydrogen) atoms. The van der Waals surface area contributed by atoms with Gasteiger partial charge in [-0.05, 0) is 24.1 Å². The van der Waals surface area contributed by atoms with Crippen LogP contribution in [0.3, 0.4) is 0 Å². The maximum absolute atomic E-state index is 12.0. The number of carbonyl (C=O) groups is 1. The zero-order valence-electron chi connectivity index (χ0n) is 13.3. The standard InChI is InChI=1S/C18H18N4OS/c1-2-15(13-9-5-3-6-10-13)16-21-22-18(24-16)20-17(23)19-14-11-7-4-8-12-14/h3-12,15H,2H2,1H3,(H2,19,20,22,23)/t15-/m1/s1. The zero-order valence-corrected chi connectivity index (χ0v) is 14.1. The van der Waals surface area contributed by atoms with Gasteiger partial charge in [0, 0.05) is 11.6 Å². The molecule has 0 bridgehead atoms. The number of para-hydroxylation sites is 1. The second-order valence-electron chi connectivity index (χ2n) is 5.26. The van der Waals surface area contributed by atoms with E-state index >= 15 is 0 Å². The van der Waals surface area contributed by atoms with E-state index in [0.29, 0.717) is 5.13 Å². The number of nitrogens with zero attached hydrogens (tertiary/aromatic N) is 2. The van der Waals surface area contributed by atoms with E-state index in [1.54, 1.807) is 0 Å². The van der Waals surface area contributed by atoms with E-state index in [-0.39, 0.29) is 11.9 Å². The molecule has 3 rings (SSSR count). The van der Waals surface area contributed by atoms with Gasteiger partial charge in [-0.2, -0.15) is 0 Å². The Hall–Kier alpha value is -2.73. The smallest absolute Gasteiger partial charge is 0.308 e. The number of urea groups is 1. The normalized spacial score (nSPS) is 11.7. The van der Waals surface area contributed by atoms with Gasteiger partial charge in [-0.3, -0.25) is 5.32 Å². The summed E-state index contributed by atoms with van der Waals surface area (Å²) in [5, 5.41) is 15.2. The number of hydrogen-bond donors (Lipinski definition) is 2. The molecule has 5 nitrogen and oxygen atoms in total. The molecule has 3 aromatic rings. The fourth-order valence-corrected chi connectivity index (χ4v) is 3.40. The van der Waals surface area contributed by atoms with E-state index in [1.165, 1.54) is 16.9 Å². The molecule has 1 atom stereocenters. The van der Waals surface area contributed by atoms with Crippen molar-refractivity contribution in [3.05, 3.63) is 71.2 Å². The first kappa shape index (κ1) is 16.1. The fourth-order valence-electron chi connectivity index (χ4n) is 2.45. The molecule has 0 unspecified atom stereocenters. The van der Waals surface area contributed by atoms with Crippen LogP contribution in [0, 0.1) is 0 Å². The molecule has 1 heterocycles. The van der Waals surface area contributed by atoms with Crippen LogP contribution in [0.4, 0.5) is 15.6 Å². The summed E-state index contributed by atoms with van der Waals surface area (Å²) in [7, 11) is 0. The number of nitrogens with one attached hydrogen (secondary N) is 2. The van der Waals surface area contributed by atoms with Crippen LogP contribution in [-0.2, 0) is 0 Å². The van der Waals surface area contributed by atoms with Crippen LogP contribution in [0.15, 0.2) is 60.7 Å². The predicted octanol–water partition coefficient (Wildman–Crippen LogP) is 4.72. The first-order chi connectivity index (χ1) is 11.8. The van der Waals surface area contributed by atoms with Crippen molar-refractivity contribution in [2.24, 2.45) is 0 Å². The number of aromatic nitrogens is 2. The minimum Gasteiger partial charge on any atom is -0.308 e. The van der Waals surface area contributed by atoms with Crippen LogP contribution in [0.1, 0.15) is 29.8 Å². The Kier molecular flexibility index (Phi) is 5.18. The number of carbonyl (C=O) groups excluding carboxylic acids is 1. The Balaban J connectivity index is 1.68. The van der Waals surface area contributed by atoms with Crippen molar-refractivity contribution in [1.29, 1.82) is 0 Å². The lowest BCUT2D eigenvalue weighted by Crippen LogP contribution is -2.19. The van der Waals surface area contributed by atoms with Gasteiger partial charge in [0.25, 0.3) is 0 Å². The topological polar surface area (TPSA) is 66.9 Å². The average molecular weight is 338 g/mol. The Morgan fingerprint density at radius 1 is 1.00 bits per heavy atom. The van der Waals surface area contributed by atoms with Crippen molar-refractivity contribution >= 4 is 28.2 Å². The first-order valence-electron chi connectivity index (χ1n) is 7.77. The lowest BCUT2D eigenvalue weighted by molar-refractivity contribution is 0.262. The summed E-state index contributed by atoms with van der Waals surface area (Å²) in [6, 6.07) is 19.2. The van der Waals surface area contributed by atoms with Gasteiger partial charge in [0.05, 0.1) is 0 Å². The molecule has 6 heteroatoms. The molecule has 2 amide bonds. The van der Waals surface area contributed by atoms with Crippen molar-refractivity contribution in [1.82, 2.24) is 10.2 Å². The molecular weight excluding hydrogens is 320 g/mol. The third kappa shape index (κ3) is 3.97. The maximum atomic E-state index is 12.0. The molecule has 0 fully saturated rings. The minimum absolute atomic E-state index is 0.191. The summed E-state index contributed by atoms with van der Waals surface area (Å²) < 4.78 is 0. The molecule has 0 saturated carbocycles. The van der Waals surface area contributed by atoms with Crippen LogP contribution in [0.25, 0.3) is 0 Å². The molecule has 2 aromatic carbocycles. The van der Waals surface area contributed by atoms with E-state index in [9.17, 15) is 4.79 Å². The highest BCUT2D eigenvalue weighted by atomic mass is 32.1. The third-order valence-corrected chi connectivity index (χ3v) is 4.55. The van der Waals surface area contributed by atoms with Crippen LogP contribution in [0.2, 0.25) is 0 Å². The molecule has 0 saturated heterocycles. The van der Waals surface area contributed by atoms with E-state index in [4.69, 9.17) is 0 Å². The van der Waals surface area contributed by atoms with Crippen molar-refractivity contribution in [2.45, 2.75) is 19.3 Å². The zero-order chi connectivity index (χ0) is 16.8. The van der Waals surface area contributed by atoms with Crippen LogP contribution >= 0.6 is 11.3 Å². The van der Waals surface area contributed by atoms with Crippen molar-refractivity contribution in [3.8, 4) is 0 Å². The highest BCUT2D eigenvalue weighted by molar-refractivity contribution is 7.15. The van der Waals surface area contributed by atoms with E-state index in [1.807, 2.05) is 48.5 Å². The van der Waals surface area contributed by atoms with E-state index in [0.717, 1.165) is 17.1 Å². The molecule has 0 aliphatic heterocycles. The summed E-state index contributed by atoms with van der Waals surface area (Å²) in [5.41, 5.74) is 1.94. The first-order valence-corrected chi connectivity index (χ1v) is 8.59. The molecule has 0 aliphatic carbocycles.